The molecule has 1 aromatic carbocycles. The highest BCUT2D eigenvalue weighted by Crippen LogP contribution is 2.30. The zero-order valence-electron chi connectivity index (χ0n) is 10.8. The van der Waals surface area contributed by atoms with Gasteiger partial charge in [0.15, 0.2) is 0 Å². The Labute approximate surface area is 114 Å². The van der Waals surface area contributed by atoms with E-state index < -0.39 is 11.7 Å². The number of nitrogens with zero attached hydrogens (tertiary/aromatic N) is 2. The number of ether oxygens (including phenoxy) is 1. The Kier molecular flexibility index (Phi) is 3.87. The number of hydrogen-bond acceptors (Lipinski definition) is 3. The molecule has 0 radical (unpaired) electrons. The van der Waals surface area contributed by atoms with Crippen molar-refractivity contribution in [2.75, 3.05) is 5.73 Å². The van der Waals surface area contributed by atoms with Gasteiger partial charge in [0.2, 0.25) is 0 Å². The van der Waals surface area contributed by atoms with Gasteiger partial charge in [-0.3, -0.25) is 4.68 Å². The van der Waals surface area contributed by atoms with Crippen LogP contribution in [-0.4, -0.2) is 9.78 Å². The molecule has 0 bridgehead atoms. The lowest BCUT2D eigenvalue weighted by Gasteiger charge is -2.09. The zero-order valence-corrected chi connectivity index (χ0v) is 10.8. The van der Waals surface area contributed by atoms with Gasteiger partial charge < -0.3 is 10.5 Å². The largest absolute Gasteiger partial charge is 0.487 e. The smallest absolute Gasteiger partial charge is 0.416 e. The molecule has 108 valence electrons. The second-order valence-corrected chi connectivity index (χ2v) is 4.19. The minimum atomic E-state index is -4.34. The monoisotopic (exact) mass is 285 g/mol. The summed E-state index contributed by atoms with van der Waals surface area (Å²) in [5.41, 5.74) is 5.65. The summed E-state index contributed by atoms with van der Waals surface area (Å²) in [5, 5.41) is 4.05. The summed E-state index contributed by atoms with van der Waals surface area (Å²) in [5.74, 6) is 0.748. The van der Waals surface area contributed by atoms with Crippen LogP contribution in [0.4, 0.5) is 19.0 Å². The van der Waals surface area contributed by atoms with E-state index in [4.69, 9.17) is 10.5 Å². The highest BCUT2D eigenvalue weighted by Gasteiger charge is 2.30. The average Bonchev–Trinajstić information content (AvgIpc) is 2.76. The molecule has 0 amide bonds. The van der Waals surface area contributed by atoms with Crippen LogP contribution in [-0.2, 0) is 19.3 Å². The molecule has 0 fully saturated rings. The van der Waals surface area contributed by atoms with Gasteiger partial charge in [-0.25, -0.2) is 0 Å². The van der Waals surface area contributed by atoms with Crippen LogP contribution in [0.5, 0.6) is 5.75 Å². The lowest BCUT2D eigenvalue weighted by atomic mass is 10.2. The summed E-state index contributed by atoms with van der Waals surface area (Å²) >= 11 is 0. The van der Waals surface area contributed by atoms with Crippen LogP contribution in [0.25, 0.3) is 0 Å². The summed E-state index contributed by atoms with van der Waals surface area (Å²) < 4.78 is 44.3. The third-order valence-corrected chi connectivity index (χ3v) is 2.75. The van der Waals surface area contributed by atoms with E-state index in [-0.39, 0.29) is 6.61 Å². The molecule has 0 spiro atoms. The van der Waals surface area contributed by atoms with Crippen molar-refractivity contribution < 1.29 is 17.9 Å². The molecule has 2 aromatic rings. The van der Waals surface area contributed by atoms with Gasteiger partial charge in [0, 0.05) is 12.6 Å². The molecule has 0 saturated carbocycles. The molecule has 2 N–H and O–H groups in total. The van der Waals surface area contributed by atoms with Crippen LogP contribution in [0.15, 0.2) is 30.3 Å². The van der Waals surface area contributed by atoms with Gasteiger partial charge >= 0.3 is 6.18 Å². The van der Waals surface area contributed by atoms with Crippen LogP contribution in [0.3, 0.4) is 0 Å². The van der Waals surface area contributed by atoms with Gasteiger partial charge in [0.05, 0.1) is 11.3 Å². The first-order chi connectivity index (χ1) is 9.40. The van der Waals surface area contributed by atoms with Crippen molar-refractivity contribution in [2.45, 2.75) is 26.3 Å². The highest BCUT2D eigenvalue weighted by atomic mass is 19.4. The fraction of sp³-hybridized carbons (Fsp3) is 0.308. The minimum absolute atomic E-state index is 0.198. The fourth-order valence-electron chi connectivity index (χ4n) is 1.77. The van der Waals surface area contributed by atoms with Crippen LogP contribution < -0.4 is 10.5 Å². The third-order valence-electron chi connectivity index (χ3n) is 2.75. The molecule has 1 heterocycles. The average molecular weight is 285 g/mol. The maximum absolute atomic E-state index is 12.4. The van der Waals surface area contributed by atoms with Crippen molar-refractivity contribution in [3.63, 3.8) is 0 Å². The molecule has 0 aliphatic carbocycles. The first-order valence-corrected chi connectivity index (χ1v) is 6.02. The number of halogens is 3. The van der Waals surface area contributed by atoms with Crippen molar-refractivity contribution in [3.8, 4) is 5.75 Å². The van der Waals surface area contributed by atoms with Crippen molar-refractivity contribution in [1.29, 1.82) is 0 Å². The number of benzene rings is 1. The van der Waals surface area contributed by atoms with E-state index in [1.807, 2.05) is 6.92 Å². The Morgan fingerprint density at radius 2 is 1.90 bits per heavy atom. The van der Waals surface area contributed by atoms with E-state index in [2.05, 4.69) is 5.10 Å². The standard InChI is InChI=1S/C13H14F3N3O/c1-2-19-10(7-12(17)18-19)8-20-11-5-3-9(4-6-11)13(14,15)16/h3-7H,2,8H2,1H3,(H2,17,18). The van der Waals surface area contributed by atoms with Crippen LogP contribution in [0.1, 0.15) is 18.2 Å². The highest BCUT2D eigenvalue weighted by molar-refractivity contribution is 5.31. The molecule has 7 heteroatoms. The van der Waals surface area contributed by atoms with Crippen molar-refractivity contribution in [1.82, 2.24) is 9.78 Å². The lowest BCUT2D eigenvalue weighted by Crippen LogP contribution is -2.07. The number of aryl methyl sites for hydroxylation is 1. The number of nitrogens with two attached hydrogens (primary N) is 1. The SMILES string of the molecule is CCn1nc(N)cc1COc1ccc(C(F)(F)F)cc1. The topological polar surface area (TPSA) is 53.1 Å². The fourth-order valence-corrected chi connectivity index (χ4v) is 1.77. The second-order valence-electron chi connectivity index (χ2n) is 4.19. The quantitative estimate of drug-likeness (QED) is 0.939. The number of alkyl halides is 3. The minimum Gasteiger partial charge on any atom is -0.487 e. The molecule has 0 aliphatic heterocycles. The van der Waals surface area contributed by atoms with Crippen molar-refractivity contribution in [2.24, 2.45) is 0 Å². The maximum atomic E-state index is 12.4. The van der Waals surface area contributed by atoms with E-state index in [1.165, 1.54) is 12.1 Å². The number of hydrogen-bond donors (Lipinski definition) is 1. The molecule has 0 unspecified atom stereocenters. The Bertz CT molecular complexity index is 576. The lowest BCUT2D eigenvalue weighted by molar-refractivity contribution is -0.137. The predicted octanol–water partition coefficient (Wildman–Crippen LogP) is 3.08. The zero-order chi connectivity index (χ0) is 14.8. The number of rotatable bonds is 4. The maximum Gasteiger partial charge on any atom is 0.416 e. The molecule has 20 heavy (non-hydrogen) atoms. The first kappa shape index (κ1) is 14.2. The summed E-state index contributed by atoms with van der Waals surface area (Å²) in [7, 11) is 0. The van der Waals surface area contributed by atoms with E-state index in [1.54, 1.807) is 10.7 Å². The van der Waals surface area contributed by atoms with Crippen LogP contribution in [0, 0.1) is 0 Å². The van der Waals surface area contributed by atoms with E-state index in [0.717, 1.165) is 17.8 Å². The van der Waals surface area contributed by atoms with E-state index in [0.29, 0.717) is 18.1 Å². The number of aromatic nitrogens is 2. The normalized spacial score (nSPS) is 11.6. The Morgan fingerprint density at radius 3 is 2.45 bits per heavy atom. The number of nitrogen functional groups attached to an aromatic ring is 1. The summed E-state index contributed by atoms with van der Waals surface area (Å²) in [6.07, 6.45) is -4.34. The summed E-state index contributed by atoms with van der Waals surface area (Å²) in [4.78, 5) is 0. The van der Waals surface area contributed by atoms with E-state index >= 15 is 0 Å². The Balaban J connectivity index is 2.04. The molecule has 0 saturated heterocycles. The Morgan fingerprint density at radius 1 is 1.25 bits per heavy atom. The molecule has 4 nitrogen and oxygen atoms in total. The van der Waals surface area contributed by atoms with E-state index in [9.17, 15) is 13.2 Å². The molecule has 0 aliphatic rings. The van der Waals surface area contributed by atoms with Gasteiger partial charge in [-0.2, -0.15) is 18.3 Å². The van der Waals surface area contributed by atoms with Gasteiger partial charge in [-0.05, 0) is 31.2 Å². The third kappa shape index (κ3) is 3.23. The molecule has 2 rings (SSSR count). The molecule has 1 aromatic heterocycles. The molecule has 0 atom stereocenters. The van der Waals surface area contributed by atoms with Gasteiger partial charge in [0.1, 0.15) is 18.2 Å². The van der Waals surface area contributed by atoms with Crippen molar-refractivity contribution >= 4 is 5.82 Å². The first-order valence-electron chi connectivity index (χ1n) is 6.02. The van der Waals surface area contributed by atoms with Crippen molar-refractivity contribution in [3.05, 3.63) is 41.6 Å². The van der Waals surface area contributed by atoms with Gasteiger partial charge in [-0.15, -0.1) is 0 Å². The summed E-state index contributed by atoms with van der Waals surface area (Å²) in [6, 6.07) is 6.23. The van der Waals surface area contributed by atoms with Gasteiger partial charge in [-0.1, -0.05) is 0 Å². The second kappa shape index (κ2) is 5.44. The Hall–Kier alpha value is -2.18. The molecular weight excluding hydrogens is 271 g/mol. The predicted molar refractivity (Wildman–Crippen MR) is 68.1 cm³/mol. The van der Waals surface area contributed by atoms with Crippen LogP contribution >= 0.6 is 0 Å². The number of anilines is 1. The van der Waals surface area contributed by atoms with Crippen LogP contribution in [0.2, 0.25) is 0 Å². The van der Waals surface area contributed by atoms with Gasteiger partial charge in [0.25, 0.3) is 0 Å². The molecular formula is C13H14F3N3O. The summed E-state index contributed by atoms with van der Waals surface area (Å²) in [6.45, 7) is 2.75.